The lowest BCUT2D eigenvalue weighted by Gasteiger charge is -2.21. The zero-order chi connectivity index (χ0) is 11.2. The minimum absolute atomic E-state index is 0.853. The molecule has 0 aliphatic heterocycles. The van der Waals surface area contributed by atoms with E-state index >= 15 is 0 Å². The minimum Gasteiger partial charge on any atom is -0.397 e. The van der Waals surface area contributed by atoms with Gasteiger partial charge in [-0.05, 0) is 24.5 Å². The number of nitrogen functional groups attached to an aromatic ring is 1. The van der Waals surface area contributed by atoms with Crippen molar-refractivity contribution in [1.82, 2.24) is 0 Å². The van der Waals surface area contributed by atoms with Gasteiger partial charge in [0.15, 0.2) is 0 Å². The van der Waals surface area contributed by atoms with Gasteiger partial charge in [-0.25, -0.2) is 0 Å². The highest BCUT2D eigenvalue weighted by molar-refractivity contribution is 5.65. The van der Waals surface area contributed by atoms with Crippen LogP contribution in [0.5, 0.6) is 0 Å². The van der Waals surface area contributed by atoms with Gasteiger partial charge < -0.3 is 11.1 Å². The van der Waals surface area contributed by atoms with Crippen molar-refractivity contribution in [2.24, 2.45) is 5.92 Å². The summed E-state index contributed by atoms with van der Waals surface area (Å²) in [6.07, 6.45) is 8.43. The third-order valence-electron chi connectivity index (χ3n) is 3.55. The third-order valence-corrected chi connectivity index (χ3v) is 3.55. The topological polar surface area (TPSA) is 38.0 Å². The van der Waals surface area contributed by atoms with Crippen LogP contribution in [0.25, 0.3) is 0 Å². The monoisotopic (exact) mass is 218 g/mol. The lowest BCUT2D eigenvalue weighted by Crippen LogP contribution is -2.12. The number of nitrogens with one attached hydrogen (secondary N) is 1. The van der Waals surface area contributed by atoms with E-state index in [4.69, 9.17) is 5.73 Å². The molecular weight excluding hydrogens is 196 g/mol. The van der Waals surface area contributed by atoms with Crippen molar-refractivity contribution in [1.29, 1.82) is 0 Å². The maximum absolute atomic E-state index is 5.88. The van der Waals surface area contributed by atoms with Gasteiger partial charge in [-0.2, -0.15) is 0 Å². The zero-order valence-corrected chi connectivity index (χ0v) is 9.91. The van der Waals surface area contributed by atoms with Crippen molar-refractivity contribution in [2.75, 3.05) is 17.6 Å². The fraction of sp³-hybridized carbons (Fsp3) is 0.571. The zero-order valence-electron chi connectivity index (χ0n) is 9.91. The lowest BCUT2D eigenvalue weighted by molar-refractivity contribution is 0.345. The Morgan fingerprint density at radius 2 is 1.88 bits per heavy atom. The summed E-state index contributed by atoms with van der Waals surface area (Å²) in [5.74, 6) is 0.936. The maximum atomic E-state index is 5.88. The molecule has 0 bridgehead atoms. The first-order valence-electron chi connectivity index (χ1n) is 6.44. The normalized spacial score (nSPS) is 17.2. The number of hydrogen-bond acceptors (Lipinski definition) is 2. The van der Waals surface area contributed by atoms with Gasteiger partial charge in [0.2, 0.25) is 0 Å². The molecule has 0 unspecified atom stereocenters. The molecule has 1 aromatic rings. The Kier molecular flexibility index (Phi) is 4.09. The summed E-state index contributed by atoms with van der Waals surface area (Å²) in [7, 11) is 0. The summed E-state index contributed by atoms with van der Waals surface area (Å²) in [5, 5.41) is 3.44. The number of hydrogen-bond donors (Lipinski definition) is 2. The summed E-state index contributed by atoms with van der Waals surface area (Å²) >= 11 is 0. The highest BCUT2D eigenvalue weighted by Gasteiger charge is 2.12. The average Bonchev–Trinajstić information content (AvgIpc) is 2.33. The molecule has 0 amide bonds. The summed E-state index contributed by atoms with van der Waals surface area (Å²) < 4.78 is 0. The largest absolute Gasteiger partial charge is 0.397 e. The Balaban J connectivity index is 1.73. The Hall–Kier alpha value is -1.18. The molecule has 3 N–H and O–H groups in total. The lowest BCUT2D eigenvalue weighted by atomic mass is 9.87. The summed E-state index contributed by atoms with van der Waals surface area (Å²) in [6.45, 7) is 1.05. The number of benzene rings is 1. The SMILES string of the molecule is Nc1ccccc1NCCC1CCCCC1. The first kappa shape index (κ1) is 11.3. The molecule has 0 aromatic heterocycles. The molecular formula is C14H22N2. The Labute approximate surface area is 98.2 Å². The molecule has 1 aliphatic rings. The Bertz CT molecular complexity index is 316. The third kappa shape index (κ3) is 3.16. The van der Waals surface area contributed by atoms with Crippen LogP contribution >= 0.6 is 0 Å². The van der Waals surface area contributed by atoms with Crippen molar-refractivity contribution in [3.05, 3.63) is 24.3 Å². The quantitative estimate of drug-likeness (QED) is 0.757. The van der Waals surface area contributed by atoms with Crippen LogP contribution in [-0.2, 0) is 0 Å². The molecule has 2 rings (SSSR count). The molecule has 16 heavy (non-hydrogen) atoms. The fourth-order valence-electron chi connectivity index (χ4n) is 2.54. The standard InChI is InChI=1S/C14H22N2/c15-13-8-4-5-9-14(13)16-11-10-12-6-2-1-3-7-12/h4-5,8-9,12,16H,1-3,6-7,10-11,15H2. The van der Waals surface area contributed by atoms with E-state index in [1.807, 2.05) is 18.2 Å². The first-order valence-corrected chi connectivity index (χ1v) is 6.44. The van der Waals surface area contributed by atoms with E-state index in [1.54, 1.807) is 0 Å². The molecule has 0 spiro atoms. The van der Waals surface area contributed by atoms with Crippen LogP contribution in [0.3, 0.4) is 0 Å². The van der Waals surface area contributed by atoms with Crippen molar-refractivity contribution >= 4 is 11.4 Å². The highest BCUT2D eigenvalue weighted by atomic mass is 14.9. The van der Waals surface area contributed by atoms with E-state index in [2.05, 4.69) is 11.4 Å². The number of rotatable bonds is 4. The summed E-state index contributed by atoms with van der Waals surface area (Å²) in [4.78, 5) is 0. The van der Waals surface area contributed by atoms with Gasteiger partial charge >= 0.3 is 0 Å². The van der Waals surface area contributed by atoms with Gasteiger partial charge in [-0.15, -0.1) is 0 Å². The maximum Gasteiger partial charge on any atom is 0.0573 e. The summed E-state index contributed by atoms with van der Waals surface area (Å²) in [5.41, 5.74) is 7.81. The second-order valence-corrected chi connectivity index (χ2v) is 4.81. The first-order chi connectivity index (χ1) is 7.86. The average molecular weight is 218 g/mol. The van der Waals surface area contributed by atoms with Crippen LogP contribution in [0.15, 0.2) is 24.3 Å². The highest BCUT2D eigenvalue weighted by Crippen LogP contribution is 2.26. The van der Waals surface area contributed by atoms with Crippen molar-refractivity contribution in [2.45, 2.75) is 38.5 Å². The summed E-state index contributed by atoms with van der Waals surface area (Å²) in [6, 6.07) is 8.00. The molecule has 0 atom stereocenters. The van der Waals surface area contributed by atoms with Crippen LogP contribution in [-0.4, -0.2) is 6.54 Å². The van der Waals surface area contributed by atoms with Crippen molar-refractivity contribution in [3.63, 3.8) is 0 Å². The number of para-hydroxylation sites is 2. The Morgan fingerprint density at radius 1 is 1.12 bits per heavy atom. The van der Waals surface area contributed by atoms with E-state index in [0.29, 0.717) is 0 Å². The molecule has 2 heteroatoms. The number of nitrogens with two attached hydrogens (primary N) is 1. The van der Waals surface area contributed by atoms with Crippen molar-refractivity contribution in [3.8, 4) is 0 Å². The van der Waals surface area contributed by atoms with Gasteiger partial charge in [0.05, 0.1) is 11.4 Å². The van der Waals surface area contributed by atoms with Crippen LogP contribution in [0.4, 0.5) is 11.4 Å². The molecule has 0 saturated heterocycles. The van der Waals surface area contributed by atoms with E-state index in [9.17, 15) is 0 Å². The fourth-order valence-corrected chi connectivity index (χ4v) is 2.54. The molecule has 0 heterocycles. The van der Waals surface area contributed by atoms with Gasteiger partial charge in [0.1, 0.15) is 0 Å². The van der Waals surface area contributed by atoms with E-state index in [0.717, 1.165) is 23.8 Å². The molecule has 1 aliphatic carbocycles. The van der Waals surface area contributed by atoms with Crippen LogP contribution in [0.1, 0.15) is 38.5 Å². The van der Waals surface area contributed by atoms with Crippen molar-refractivity contribution < 1.29 is 0 Å². The smallest absolute Gasteiger partial charge is 0.0573 e. The second kappa shape index (κ2) is 5.78. The molecule has 88 valence electrons. The predicted molar refractivity (Wildman–Crippen MR) is 70.5 cm³/mol. The predicted octanol–water partition coefficient (Wildman–Crippen LogP) is 3.65. The van der Waals surface area contributed by atoms with Gasteiger partial charge in [-0.3, -0.25) is 0 Å². The van der Waals surface area contributed by atoms with Crippen LogP contribution in [0.2, 0.25) is 0 Å². The van der Waals surface area contributed by atoms with Gasteiger partial charge in [0.25, 0.3) is 0 Å². The van der Waals surface area contributed by atoms with Gasteiger partial charge in [0, 0.05) is 6.54 Å². The molecule has 1 fully saturated rings. The molecule has 1 aromatic carbocycles. The minimum atomic E-state index is 0.853. The molecule has 1 saturated carbocycles. The van der Waals surface area contributed by atoms with Crippen LogP contribution in [0, 0.1) is 5.92 Å². The van der Waals surface area contributed by atoms with E-state index in [1.165, 1.54) is 38.5 Å². The Morgan fingerprint density at radius 3 is 2.62 bits per heavy atom. The van der Waals surface area contributed by atoms with Gasteiger partial charge in [-0.1, -0.05) is 44.2 Å². The van der Waals surface area contributed by atoms with E-state index in [-0.39, 0.29) is 0 Å². The van der Waals surface area contributed by atoms with E-state index < -0.39 is 0 Å². The second-order valence-electron chi connectivity index (χ2n) is 4.81. The molecule has 0 radical (unpaired) electrons. The number of anilines is 2. The van der Waals surface area contributed by atoms with Crippen LogP contribution < -0.4 is 11.1 Å². The molecule has 2 nitrogen and oxygen atoms in total.